The Bertz CT molecular complexity index is 413. The lowest BCUT2D eigenvalue weighted by Gasteiger charge is -2.41. The van der Waals surface area contributed by atoms with E-state index in [9.17, 15) is 9.59 Å². The molecule has 5 heteroatoms. The largest absolute Gasteiger partial charge is 0.481 e. The molecule has 1 fully saturated rings. The van der Waals surface area contributed by atoms with Crippen LogP contribution in [0.4, 0.5) is 0 Å². The van der Waals surface area contributed by atoms with Crippen LogP contribution in [0.3, 0.4) is 0 Å². The van der Waals surface area contributed by atoms with Crippen molar-refractivity contribution in [2.45, 2.75) is 33.1 Å². The predicted octanol–water partition coefficient (Wildman–Crippen LogP) is 1.56. The van der Waals surface area contributed by atoms with Crippen LogP contribution in [0.15, 0.2) is 11.8 Å². The Morgan fingerprint density at radius 1 is 1.50 bits per heavy atom. The summed E-state index contributed by atoms with van der Waals surface area (Å²) in [7, 11) is 0. The summed E-state index contributed by atoms with van der Waals surface area (Å²) in [6.07, 6.45) is 5.37. The summed E-state index contributed by atoms with van der Waals surface area (Å²) in [6, 6.07) is 0. The molecular weight excluding hydrogens is 256 g/mol. The summed E-state index contributed by atoms with van der Waals surface area (Å²) in [6.45, 7) is 6.31. The highest BCUT2D eigenvalue weighted by molar-refractivity contribution is 5.80. The van der Waals surface area contributed by atoms with Crippen LogP contribution in [0.5, 0.6) is 0 Å². The summed E-state index contributed by atoms with van der Waals surface area (Å²) < 4.78 is 0. The molecule has 1 N–H and O–H groups in total. The molecule has 0 aromatic carbocycles. The van der Waals surface area contributed by atoms with E-state index < -0.39 is 5.97 Å². The molecule has 1 atom stereocenters. The zero-order valence-corrected chi connectivity index (χ0v) is 12.3. The highest BCUT2D eigenvalue weighted by Crippen LogP contribution is 2.25. The Morgan fingerprint density at radius 3 is 2.70 bits per heavy atom. The van der Waals surface area contributed by atoms with Gasteiger partial charge in [-0.2, -0.15) is 0 Å². The second-order valence-corrected chi connectivity index (χ2v) is 5.81. The maximum Gasteiger partial charge on any atom is 0.306 e. The molecule has 2 aliphatic rings. The highest BCUT2D eigenvalue weighted by atomic mass is 16.4. The van der Waals surface area contributed by atoms with Gasteiger partial charge in [0.2, 0.25) is 5.91 Å². The number of hydrogen-bond donors (Lipinski definition) is 1. The van der Waals surface area contributed by atoms with E-state index in [2.05, 4.69) is 6.08 Å². The topological polar surface area (TPSA) is 60.9 Å². The van der Waals surface area contributed by atoms with Crippen LogP contribution in [-0.2, 0) is 9.59 Å². The number of likely N-dealkylation sites (tertiary alicyclic amines) is 1. The molecule has 1 aliphatic heterocycles. The first-order valence-corrected chi connectivity index (χ1v) is 7.47. The van der Waals surface area contributed by atoms with Gasteiger partial charge in [-0.05, 0) is 32.1 Å². The number of amides is 1. The fourth-order valence-electron chi connectivity index (χ4n) is 2.97. The molecule has 1 amide bonds. The lowest BCUT2D eigenvalue weighted by molar-refractivity contribution is -0.146. The normalized spacial score (nSPS) is 21.2. The molecule has 2 rings (SSSR count). The van der Waals surface area contributed by atoms with Crippen LogP contribution in [-0.4, -0.2) is 53.0 Å². The van der Waals surface area contributed by atoms with Crippen LogP contribution in [0, 0.1) is 11.8 Å². The van der Waals surface area contributed by atoms with Crippen molar-refractivity contribution in [1.29, 1.82) is 0 Å². The van der Waals surface area contributed by atoms with Crippen molar-refractivity contribution in [2.24, 2.45) is 11.8 Å². The number of carboxylic acids is 1. The van der Waals surface area contributed by atoms with Crippen LogP contribution < -0.4 is 0 Å². The van der Waals surface area contributed by atoms with Crippen molar-refractivity contribution >= 4 is 11.9 Å². The second-order valence-electron chi connectivity index (χ2n) is 5.81. The van der Waals surface area contributed by atoms with Gasteiger partial charge in [0.25, 0.3) is 0 Å². The number of aliphatic carboxylic acids is 1. The first-order chi connectivity index (χ1) is 9.52. The molecule has 0 aromatic heterocycles. The number of carbonyl (C=O) groups is 2. The molecule has 20 heavy (non-hydrogen) atoms. The Labute approximate surface area is 120 Å². The van der Waals surface area contributed by atoms with Crippen molar-refractivity contribution in [2.75, 3.05) is 26.2 Å². The predicted molar refractivity (Wildman–Crippen MR) is 76.1 cm³/mol. The molecule has 112 valence electrons. The van der Waals surface area contributed by atoms with Crippen LogP contribution >= 0.6 is 0 Å². The summed E-state index contributed by atoms with van der Waals surface area (Å²) in [4.78, 5) is 27.1. The molecular formula is C15H24N2O3. The SMILES string of the molecule is CCN(C(=O)CN1CC(C(C)C(=O)O)C1)C1=CCCC1. The van der Waals surface area contributed by atoms with E-state index in [0.29, 0.717) is 13.1 Å². The van der Waals surface area contributed by atoms with Gasteiger partial charge in [0.15, 0.2) is 0 Å². The van der Waals surface area contributed by atoms with Gasteiger partial charge in [0.05, 0.1) is 12.5 Å². The van der Waals surface area contributed by atoms with Gasteiger partial charge in [-0.25, -0.2) is 0 Å². The number of rotatable bonds is 6. The van der Waals surface area contributed by atoms with E-state index in [0.717, 1.165) is 38.0 Å². The number of carboxylic acid groups (broad SMARTS) is 1. The first kappa shape index (κ1) is 15.0. The Balaban J connectivity index is 1.80. The fourth-order valence-corrected chi connectivity index (χ4v) is 2.97. The number of allylic oxidation sites excluding steroid dienone is 2. The third kappa shape index (κ3) is 3.20. The van der Waals surface area contributed by atoms with Crippen LogP contribution in [0.2, 0.25) is 0 Å². The van der Waals surface area contributed by atoms with E-state index >= 15 is 0 Å². The van der Waals surface area contributed by atoms with E-state index in [4.69, 9.17) is 5.11 Å². The lowest BCUT2D eigenvalue weighted by atomic mass is 9.87. The standard InChI is InChI=1S/C15H24N2O3/c1-3-17(13-6-4-5-7-13)14(18)10-16-8-12(9-16)11(2)15(19)20/h6,11-12H,3-5,7-10H2,1-2H3,(H,19,20). The quantitative estimate of drug-likeness (QED) is 0.802. The smallest absolute Gasteiger partial charge is 0.306 e. The third-order valence-corrected chi connectivity index (χ3v) is 4.42. The molecule has 5 nitrogen and oxygen atoms in total. The van der Waals surface area contributed by atoms with E-state index in [1.807, 2.05) is 16.7 Å². The zero-order valence-electron chi connectivity index (χ0n) is 12.3. The van der Waals surface area contributed by atoms with Gasteiger partial charge in [-0.15, -0.1) is 0 Å². The van der Waals surface area contributed by atoms with Crippen molar-refractivity contribution in [3.05, 3.63) is 11.8 Å². The van der Waals surface area contributed by atoms with Crippen LogP contribution in [0.1, 0.15) is 33.1 Å². The fraction of sp³-hybridized carbons (Fsp3) is 0.733. The average molecular weight is 280 g/mol. The van der Waals surface area contributed by atoms with Gasteiger partial charge in [-0.3, -0.25) is 14.5 Å². The molecule has 0 saturated carbocycles. The molecule has 1 saturated heterocycles. The van der Waals surface area contributed by atoms with Gasteiger partial charge in [-0.1, -0.05) is 13.0 Å². The maximum atomic E-state index is 12.3. The molecule has 0 aromatic rings. The highest BCUT2D eigenvalue weighted by Gasteiger charge is 2.36. The van der Waals surface area contributed by atoms with Gasteiger partial charge in [0, 0.05) is 25.3 Å². The summed E-state index contributed by atoms with van der Waals surface area (Å²) >= 11 is 0. The second kappa shape index (κ2) is 6.39. The molecule has 1 aliphatic carbocycles. The van der Waals surface area contributed by atoms with Gasteiger partial charge >= 0.3 is 5.97 Å². The lowest BCUT2D eigenvalue weighted by Crippen LogP contribution is -2.54. The number of hydrogen-bond acceptors (Lipinski definition) is 3. The third-order valence-electron chi connectivity index (χ3n) is 4.42. The van der Waals surface area contributed by atoms with Gasteiger partial charge < -0.3 is 10.0 Å². The summed E-state index contributed by atoms with van der Waals surface area (Å²) in [5.41, 5.74) is 1.16. The van der Waals surface area contributed by atoms with E-state index in [-0.39, 0.29) is 17.7 Å². The minimum absolute atomic E-state index is 0.141. The van der Waals surface area contributed by atoms with E-state index in [1.54, 1.807) is 6.92 Å². The Hall–Kier alpha value is -1.36. The van der Waals surface area contributed by atoms with Crippen molar-refractivity contribution in [1.82, 2.24) is 9.80 Å². The first-order valence-electron chi connectivity index (χ1n) is 7.47. The summed E-state index contributed by atoms with van der Waals surface area (Å²) in [5.74, 6) is -0.739. The van der Waals surface area contributed by atoms with Crippen molar-refractivity contribution < 1.29 is 14.7 Å². The number of carbonyl (C=O) groups excluding carboxylic acids is 1. The number of likely N-dealkylation sites (N-methyl/N-ethyl adjacent to an activating group) is 1. The summed E-state index contributed by atoms with van der Waals surface area (Å²) in [5, 5.41) is 8.95. The molecule has 0 radical (unpaired) electrons. The Morgan fingerprint density at radius 2 is 2.20 bits per heavy atom. The average Bonchev–Trinajstić information content (AvgIpc) is 2.87. The van der Waals surface area contributed by atoms with E-state index in [1.165, 1.54) is 0 Å². The molecule has 0 spiro atoms. The minimum atomic E-state index is -0.743. The van der Waals surface area contributed by atoms with Gasteiger partial charge in [0.1, 0.15) is 0 Å². The monoisotopic (exact) mass is 280 g/mol. The van der Waals surface area contributed by atoms with Crippen LogP contribution in [0.25, 0.3) is 0 Å². The zero-order chi connectivity index (χ0) is 14.7. The molecule has 1 unspecified atom stereocenters. The Kier molecular flexibility index (Phi) is 4.81. The number of nitrogens with zero attached hydrogens (tertiary/aromatic N) is 2. The minimum Gasteiger partial charge on any atom is -0.481 e. The molecule has 0 bridgehead atoms. The van der Waals surface area contributed by atoms with Crippen molar-refractivity contribution in [3.8, 4) is 0 Å². The maximum absolute atomic E-state index is 12.3. The molecule has 1 heterocycles. The van der Waals surface area contributed by atoms with Crippen molar-refractivity contribution in [3.63, 3.8) is 0 Å².